The molecule has 3 rings (SSSR count). The first kappa shape index (κ1) is 22.9. The van der Waals surface area contributed by atoms with Crippen LogP contribution in [0.15, 0.2) is 29.2 Å². The molecular formula is C22H26N2O6S. The lowest BCUT2D eigenvalue weighted by atomic mass is 9.92. The van der Waals surface area contributed by atoms with E-state index in [-0.39, 0.29) is 23.0 Å². The molecule has 0 bridgehead atoms. The number of rotatable bonds is 7. The van der Waals surface area contributed by atoms with Crippen molar-refractivity contribution in [3.05, 3.63) is 62.2 Å². The molecule has 2 aromatic carbocycles. The van der Waals surface area contributed by atoms with Crippen LogP contribution in [0.1, 0.15) is 45.5 Å². The van der Waals surface area contributed by atoms with Gasteiger partial charge < -0.3 is 4.74 Å². The van der Waals surface area contributed by atoms with Crippen molar-refractivity contribution in [1.82, 2.24) is 4.31 Å². The maximum atomic E-state index is 12.8. The summed E-state index contributed by atoms with van der Waals surface area (Å²) in [5, 5.41) is 11.6. The van der Waals surface area contributed by atoms with Crippen LogP contribution in [0.4, 0.5) is 5.69 Å². The van der Waals surface area contributed by atoms with Crippen molar-refractivity contribution in [2.75, 3.05) is 19.7 Å². The second-order valence-electron chi connectivity index (χ2n) is 7.85. The van der Waals surface area contributed by atoms with Gasteiger partial charge in [-0.1, -0.05) is 6.07 Å². The minimum atomic E-state index is -3.80. The van der Waals surface area contributed by atoms with Crippen molar-refractivity contribution in [2.45, 2.75) is 45.4 Å². The molecule has 0 atom stereocenters. The van der Waals surface area contributed by atoms with E-state index in [0.29, 0.717) is 18.7 Å². The Labute approximate surface area is 182 Å². The van der Waals surface area contributed by atoms with Crippen molar-refractivity contribution in [3.8, 4) is 5.75 Å². The highest BCUT2D eigenvalue weighted by atomic mass is 32.2. The third-order valence-corrected chi connectivity index (χ3v) is 7.73. The van der Waals surface area contributed by atoms with E-state index in [2.05, 4.69) is 0 Å². The summed E-state index contributed by atoms with van der Waals surface area (Å²) >= 11 is 0. The van der Waals surface area contributed by atoms with Gasteiger partial charge in [0, 0.05) is 24.7 Å². The van der Waals surface area contributed by atoms with E-state index in [1.54, 1.807) is 0 Å². The molecule has 1 fully saturated rings. The van der Waals surface area contributed by atoms with E-state index in [4.69, 9.17) is 4.74 Å². The average Bonchev–Trinajstić information content (AvgIpc) is 3.26. The summed E-state index contributed by atoms with van der Waals surface area (Å²) in [6, 6.07) is 5.54. The number of ether oxygens (including phenoxy) is 1. The topological polar surface area (TPSA) is 107 Å². The highest BCUT2D eigenvalue weighted by Gasteiger charge is 2.30. The van der Waals surface area contributed by atoms with Crippen molar-refractivity contribution in [1.29, 1.82) is 0 Å². The van der Waals surface area contributed by atoms with Crippen molar-refractivity contribution in [3.63, 3.8) is 0 Å². The lowest BCUT2D eigenvalue weighted by Crippen LogP contribution is -2.27. The van der Waals surface area contributed by atoms with Gasteiger partial charge >= 0.3 is 5.69 Å². The quantitative estimate of drug-likeness (QED) is 0.363. The molecule has 1 aliphatic rings. The fourth-order valence-corrected chi connectivity index (χ4v) is 5.39. The highest BCUT2D eigenvalue weighted by molar-refractivity contribution is 7.89. The molecule has 1 heterocycles. The molecule has 9 heteroatoms. The summed E-state index contributed by atoms with van der Waals surface area (Å²) in [6.07, 6.45) is 1.53. The molecule has 0 aliphatic carbocycles. The van der Waals surface area contributed by atoms with Gasteiger partial charge in [0.2, 0.25) is 15.8 Å². The fourth-order valence-electron chi connectivity index (χ4n) is 3.85. The number of carbonyl (C=O) groups is 1. The Bertz CT molecular complexity index is 1120. The number of nitro groups is 1. The zero-order valence-corrected chi connectivity index (χ0v) is 18.9. The van der Waals surface area contributed by atoms with E-state index in [1.165, 1.54) is 16.4 Å². The third-order valence-electron chi connectivity index (χ3n) is 5.83. The molecule has 8 nitrogen and oxygen atoms in total. The van der Waals surface area contributed by atoms with Crippen LogP contribution in [0, 0.1) is 37.8 Å². The van der Waals surface area contributed by atoms with E-state index in [9.17, 15) is 23.3 Å². The molecule has 0 N–H and O–H groups in total. The Morgan fingerprint density at radius 1 is 1.06 bits per heavy atom. The monoisotopic (exact) mass is 446 g/mol. The molecule has 0 unspecified atom stereocenters. The zero-order valence-electron chi connectivity index (χ0n) is 18.1. The summed E-state index contributed by atoms with van der Waals surface area (Å²) in [7, 11) is -3.80. The first-order valence-corrected chi connectivity index (χ1v) is 11.5. The van der Waals surface area contributed by atoms with Crippen molar-refractivity contribution < 1.29 is 22.9 Å². The molecule has 0 amide bonds. The molecule has 0 radical (unpaired) electrons. The third kappa shape index (κ3) is 4.47. The number of carbonyl (C=O) groups excluding carboxylic acids is 1. The van der Waals surface area contributed by atoms with Crippen molar-refractivity contribution in [2.24, 2.45) is 0 Å². The predicted molar refractivity (Wildman–Crippen MR) is 116 cm³/mol. The average molecular weight is 447 g/mol. The standard InChI is InChI=1S/C22H26N2O6S/c1-14-11-15(2)17(4)22(16(14)3)20(25)13-30-21-8-7-18(12-19(21)24(26)27)31(28,29)23-9-5-6-10-23/h7-8,11-12H,5-6,9-10,13H2,1-4H3. The van der Waals surface area contributed by atoms with Gasteiger partial charge in [-0.05, 0) is 74.9 Å². The van der Waals surface area contributed by atoms with Crippen LogP contribution in [0.25, 0.3) is 0 Å². The van der Waals surface area contributed by atoms with Gasteiger partial charge in [0.25, 0.3) is 0 Å². The number of Topliss-reactive ketones (excluding diaryl/α,β-unsaturated/α-hetero) is 1. The summed E-state index contributed by atoms with van der Waals surface area (Å²) in [4.78, 5) is 23.6. The van der Waals surface area contributed by atoms with E-state index in [1.807, 2.05) is 33.8 Å². The number of nitro benzene ring substituents is 1. The van der Waals surface area contributed by atoms with Crippen molar-refractivity contribution >= 4 is 21.5 Å². The molecule has 31 heavy (non-hydrogen) atoms. The van der Waals surface area contributed by atoms with Crippen LogP contribution in [0.3, 0.4) is 0 Å². The molecule has 0 spiro atoms. The maximum Gasteiger partial charge on any atom is 0.312 e. The molecule has 1 saturated heterocycles. The van der Waals surface area contributed by atoms with Crippen LogP contribution in [-0.4, -0.2) is 43.1 Å². The van der Waals surface area contributed by atoms with Crippen LogP contribution in [0.2, 0.25) is 0 Å². The normalized spacial score (nSPS) is 14.6. The van der Waals surface area contributed by atoms with Gasteiger partial charge in [0.15, 0.2) is 12.4 Å². The first-order valence-electron chi connectivity index (χ1n) is 10.1. The number of hydrogen-bond acceptors (Lipinski definition) is 6. The van der Waals surface area contributed by atoms with Crippen LogP contribution >= 0.6 is 0 Å². The van der Waals surface area contributed by atoms with Gasteiger partial charge in [0.1, 0.15) is 0 Å². The van der Waals surface area contributed by atoms with E-state index in [0.717, 1.165) is 41.2 Å². The lowest BCUT2D eigenvalue weighted by Gasteiger charge is -2.16. The lowest BCUT2D eigenvalue weighted by molar-refractivity contribution is -0.386. The molecule has 1 aliphatic heterocycles. The molecular weight excluding hydrogens is 420 g/mol. The predicted octanol–water partition coefficient (Wildman–Crippen LogP) is 3.87. The number of benzene rings is 2. The number of sulfonamides is 1. The number of aryl methyl sites for hydroxylation is 2. The van der Waals surface area contributed by atoms with E-state index >= 15 is 0 Å². The fraction of sp³-hybridized carbons (Fsp3) is 0.409. The van der Waals surface area contributed by atoms with Crippen LogP contribution in [-0.2, 0) is 10.0 Å². The summed E-state index contributed by atoms with van der Waals surface area (Å²) in [5.74, 6) is -0.428. The van der Waals surface area contributed by atoms with Gasteiger partial charge in [-0.15, -0.1) is 0 Å². The molecule has 2 aromatic rings. The Kier molecular flexibility index (Phi) is 6.47. The largest absolute Gasteiger partial charge is 0.478 e. The Morgan fingerprint density at radius 3 is 2.19 bits per heavy atom. The van der Waals surface area contributed by atoms with E-state index < -0.39 is 20.6 Å². The number of hydrogen-bond donors (Lipinski definition) is 0. The van der Waals surface area contributed by atoms with Gasteiger partial charge in [-0.3, -0.25) is 14.9 Å². The minimum absolute atomic E-state index is 0.140. The molecule has 0 saturated carbocycles. The van der Waals surface area contributed by atoms with Gasteiger partial charge in [-0.25, -0.2) is 8.42 Å². The SMILES string of the molecule is Cc1cc(C)c(C)c(C(=O)COc2ccc(S(=O)(=O)N3CCCC3)cc2[N+](=O)[O-])c1C. The Balaban J connectivity index is 1.87. The van der Waals surface area contributed by atoms with Crippen LogP contribution in [0.5, 0.6) is 5.75 Å². The second kappa shape index (κ2) is 8.76. The highest BCUT2D eigenvalue weighted by Crippen LogP contribution is 2.32. The smallest absolute Gasteiger partial charge is 0.312 e. The summed E-state index contributed by atoms with van der Waals surface area (Å²) < 4.78 is 32.3. The summed E-state index contributed by atoms with van der Waals surface area (Å²) in [5.41, 5.74) is 3.72. The summed E-state index contributed by atoms with van der Waals surface area (Å²) in [6.45, 7) is 7.97. The maximum absolute atomic E-state index is 12.8. The van der Waals surface area contributed by atoms with Crippen LogP contribution < -0.4 is 4.74 Å². The number of nitrogens with zero attached hydrogens (tertiary/aromatic N) is 2. The van der Waals surface area contributed by atoms with Gasteiger partial charge in [0.05, 0.1) is 9.82 Å². The second-order valence-corrected chi connectivity index (χ2v) is 9.78. The zero-order chi connectivity index (χ0) is 22.9. The molecule has 0 aromatic heterocycles. The Hall–Kier alpha value is -2.78. The van der Waals surface area contributed by atoms with Gasteiger partial charge in [-0.2, -0.15) is 4.31 Å². The Morgan fingerprint density at radius 2 is 1.65 bits per heavy atom. The first-order chi connectivity index (χ1) is 14.5. The number of ketones is 1. The molecule has 166 valence electrons. The minimum Gasteiger partial charge on any atom is -0.478 e.